The molecule has 0 saturated carbocycles. The molecular formula is C72H120O6. The highest BCUT2D eigenvalue weighted by atomic mass is 16.6. The summed E-state index contributed by atoms with van der Waals surface area (Å²) in [6.07, 6.45) is 90.7. The molecule has 0 aromatic heterocycles. The van der Waals surface area contributed by atoms with E-state index in [0.717, 1.165) is 122 Å². The lowest BCUT2D eigenvalue weighted by molar-refractivity contribution is -0.167. The first-order valence-corrected chi connectivity index (χ1v) is 32.5. The van der Waals surface area contributed by atoms with Gasteiger partial charge in [-0.15, -0.1) is 0 Å². The van der Waals surface area contributed by atoms with E-state index in [9.17, 15) is 14.4 Å². The van der Waals surface area contributed by atoms with Crippen LogP contribution in [0.25, 0.3) is 0 Å². The topological polar surface area (TPSA) is 78.9 Å². The van der Waals surface area contributed by atoms with Crippen LogP contribution in [0.15, 0.2) is 122 Å². The van der Waals surface area contributed by atoms with Crippen molar-refractivity contribution in [2.24, 2.45) is 0 Å². The third-order valence-corrected chi connectivity index (χ3v) is 13.7. The number of hydrogen-bond donors (Lipinski definition) is 0. The Kier molecular flexibility index (Phi) is 61.8. The normalized spacial score (nSPS) is 12.9. The minimum atomic E-state index is -0.795. The zero-order valence-corrected chi connectivity index (χ0v) is 50.9. The van der Waals surface area contributed by atoms with E-state index in [-0.39, 0.29) is 31.1 Å². The quantitative estimate of drug-likeness (QED) is 0.0261. The zero-order chi connectivity index (χ0) is 56.4. The van der Waals surface area contributed by atoms with Crippen LogP contribution < -0.4 is 0 Å². The van der Waals surface area contributed by atoms with Gasteiger partial charge < -0.3 is 14.2 Å². The van der Waals surface area contributed by atoms with Crippen LogP contribution >= 0.6 is 0 Å². The Labute approximate surface area is 482 Å². The molecule has 0 aliphatic carbocycles. The lowest BCUT2D eigenvalue weighted by Crippen LogP contribution is -2.30. The molecule has 6 heteroatoms. The maximum absolute atomic E-state index is 12.9. The molecule has 0 heterocycles. The van der Waals surface area contributed by atoms with Crippen LogP contribution in [0.5, 0.6) is 0 Å². The SMILES string of the molecule is CC/C=C\C/C=C\C/C=C\C/C=C\C/C=C\C/C=C\C/C=C\C/C=C\C/C=C\C/C=C\CCCCC(=O)OCC(COC(=O)CCCCCCCCCCCCC)OC(=O)CCCCCCCCCCCCCCCCCC. The summed E-state index contributed by atoms with van der Waals surface area (Å²) in [6, 6.07) is 0. The van der Waals surface area contributed by atoms with E-state index >= 15 is 0 Å². The van der Waals surface area contributed by atoms with E-state index in [0.29, 0.717) is 19.3 Å². The Morgan fingerprint density at radius 3 is 0.782 bits per heavy atom. The second kappa shape index (κ2) is 65.3. The number of hydrogen-bond acceptors (Lipinski definition) is 6. The van der Waals surface area contributed by atoms with Gasteiger partial charge in [0.1, 0.15) is 13.2 Å². The lowest BCUT2D eigenvalue weighted by atomic mass is 10.0. The van der Waals surface area contributed by atoms with Crippen molar-refractivity contribution < 1.29 is 28.6 Å². The molecule has 444 valence electrons. The molecule has 0 saturated heterocycles. The van der Waals surface area contributed by atoms with Gasteiger partial charge in [-0.05, 0) is 96.3 Å². The first-order valence-electron chi connectivity index (χ1n) is 32.5. The predicted octanol–water partition coefficient (Wildman–Crippen LogP) is 22.4. The largest absolute Gasteiger partial charge is 0.462 e. The smallest absolute Gasteiger partial charge is 0.306 e. The van der Waals surface area contributed by atoms with Gasteiger partial charge in [0.05, 0.1) is 0 Å². The second-order valence-electron chi connectivity index (χ2n) is 21.3. The summed E-state index contributed by atoms with van der Waals surface area (Å²) in [6.45, 7) is 6.50. The van der Waals surface area contributed by atoms with Crippen molar-refractivity contribution in [1.82, 2.24) is 0 Å². The van der Waals surface area contributed by atoms with E-state index in [4.69, 9.17) is 14.2 Å². The summed E-state index contributed by atoms with van der Waals surface area (Å²) in [7, 11) is 0. The average Bonchev–Trinajstić information content (AvgIpc) is 3.44. The van der Waals surface area contributed by atoms with E-state index in [1.54, 1.807) is 0 Å². The molecule has 0 radical (unpaired) electrons. The highest BCUT2D eigenvalue weighted by molar-refractivity contribution is 5.71. The summed E-state index contributed by atoms with van der Waals surface area (Å²) < 4.78 is 16.9. The summed E-state index contributed by atoms with van der Waals surface area (Å²) >= 11 is 0. The number of unbranched alkanes of at least 4 members (excludes halogenated alkanes) is 27. The summed E-state index contributed by atoms with van der Waals surface area (Å²) in [5, 5.41) is 0. The number of esters is 3. The van der Waals surface area contributed by atoms with Crippen LogP contribution in [0.1, 0.15) is 297 Å². The van der Waals surface area contributed by atoms with Gasteiger partial charge in [-0.2, -0.15) is 0 Å². The third-order valence-electron chi connectivity index (χ3n) is 13.7. The Balaban J connectivity index is 4.33. The second-order valence-corrected chi connectivity index (χ2v) is 21.3. The lowest BCUT2D eigenvalue weighted by Gasteiger charge is -2.18. The molecule has 0 N–H and O–H groups in total. The van der Waals surface area contributed by atoms with Gasteiger partial charge in [-0.25, -0.2) is 0 Å². The molecule has 0 amide bonds. The summed E-state index contributed by atoms with van der Waals surface area (Å²) in [5.74, 6) is -0.928. The predicted molar refractivity (Wildman–Crippen MR) is 339 cm³/mol. The van der Waals surface area contributed by atoms with Crippen LogP contribution in [0.2, 0.25) is 0 Å². The fourth-order valence-electron chi connectivity index (χ4n) is 8.88. The Morgan fingerprint density at radius 2 is 0.500 bits per heavy atom. The number of ether oxygens (including phenoxy) is 3. The number of allylic oxidation sites excluding steroid dienone is 20. The molecule has 6 nitrogen and oxygen atoms in total. The number of carbonyl (C=O) groups excluding carboxylic acids is 3. The minimum absolute atomic E-state index is 0.0893. The van der Waals surface area contributed by atoms with Gasteiger partial charge >= 0.3 is 17.9 Å². The molecular weight excluding hydrogens is 961 g/mol. The summed E-state index contributed by atoms with van der Waals surface area (Å²) in [5.41, 5.74) is 0. The number of carbonyl (C=O) groups is 3. The fourth-order valence-corrected chi connectivity index (χ4v) is 8.88. The van der Waals surface area contributed by atoms with Crippen molar-refractivity contribution >= 4 is 17.9 Å². The van der Waals surface area contributed by atoms with E-state index in [1.165, 1.54) is 135 Å². The van der Waals surface area contributed by atoms with E-state index < -0.39 is 6.10 Å². The van der Waals surface area contributed by atoms with Crippen LogP contribution in [0.4, 0.5) is 0 Å². The van der Waals surface area contributed by atoms with Crippen molar-refractivity contribution in [3.8, 4) is 0 Å². The minimum Gasteiger partial charge on any atom is -0.462 e. The van der Waals surface area contributed by atoms with Crippen LogP contribution in [0, 0.1) is 0 Å². The fraction of sp³-hybridized carbons (Fsp3) is 0.681. The van der Waals surface area contributed by atoms with Crippen molar-refractivity contribution in [3.05, 3.63) is 122 Å². The maximum Gasteiger partial charge on any atom is 0.306 e. The molecule has 0 bridgehead atoms. The van der Waals surface area contributed by atoms with E-state index in [2.05, 4.69) is 142 Å². The summed E-state index contributed by atoms with van der Waals surface area (Å²) in [4.78, 5) is 38.2. The molecule has 0 rings (SSSR count). The van der Waals surface area contributed by atoms with Gasteiger partial charge in [0.2, 0.25) is 0 Å². The first kappa shape index (κ1) is 73.8. The van der Waals surface area contributed by atoms with Gasteiger partial charge in [0.15, 0.2) is 6.10 Å². The first-order chi connectivity index (χ1) is 38.5. The molecule has 0 aromatic rings. The highest BCUT2D eigenvalue weighted by Crippen LogP contribution is 2.16. The molecule has 0 aromatic carbocycles. The zero-order valence-electron chi connectivity index (χ0n) is 50.9. The molecule has 0 aliphatic rings. The van der Waals surface area contributed by atoms with Gasteiger partial charge in [-0.1, -0.05) is 303 Å². The molecule has 1 unspecified atom stereocenters. The highest BCUT2D eigenvalue weighted by Gasteiger charge is 2.19. The van der Waals surface area contributed by atoms with Crippen molar-refractivity contribution in [2.75, 3.05) is 13.2 Å². The molecule has 0 spiro atoms. The van der Waals surface area contributed by atoms with E-state index in [1.807, 2.05) is 0 Å². The van der Waals surface area contributed by atoms with Crippen LogP contribution in [-0.2, 0) is 28.6 Å². The van der Waals surface area contributed by atoms with Crippen molar-refractivity contribution in [3.63, 3.8) is 0 Å². The van der Waals surface area contributed by atoms with Gasteiger partial charge in [0.25, 0.3) is 0 Å². The van der Waals surface area contributed by atoms with Gasteiger partial charge in [0, 0.05) is 19.3 Å². The third kappa shape index (κ3) is 62.7. The van der Waals surface area contributed by atoms with Crippen molar-refractivity contribution in [2.45, 2.75) is 303 Å². The molecule has 1 atom stereocenters. The standard InChI is InChI=1S/C72H120O6/c1-4-7-10-13-16-19-22-24-26-28-29-30-31-32-33-34-35-36-37-38-39-40-41-42-43-44-46-47-50-53-56-59-62-65-71(74)77-68-69(67-76-70(73)64-61-58-55-52-49-21-18-15-12-9-6-3)78-72(75)66-63-60-57-54-51-48-45-27-25-23-20-17-14-11-8-5-2/h7,10,16,19,24,26,29-30,32-33,35-36,38-39,41-42,44,46,50,53,69H,4-6,8-9,11-15,17-18,20-23,25,27-28,31,34,37,40,43,45,47-49,51-52,54-68H2,1-3H3/b10-7-,19-16-,26-24-,30-29-,33-32-,36-35-,39-38-,42-41-,46-44-,53-50-. The van der Waals surface area contributed by atoms with Crippen LogP contribution in [-0.4, -0.2) is 37.2 Å². The molecule has 0 fully saturated rings. The molecule has 0 aliphatic heterocycles. The Morgan fingerprint density at radius 1 is 0.269 bits per heavy atom. The van der Waals surface area contributed by atoms with Crippen molar-refractivity contribution in [1.29, 1.82) is 0 Å². The Hall–Kier alpha value is -4.19. The maximum atomic E-state index is 12.9. The molecule has 78 heavy (non-hydrogen) atoms. The number of rotatable bonds is 58. The average molecular weight is 1080 g/mol. The van der Waals surface area contributed by atoms with Gasteiger partial charge in [-0.3, -0.25) is 14.4 Å². The monoisotopic (exact) mass is 1080 g/mol. The van der Waals surface area contributed by atoms with Crippen LogP contribution in [0.3, 0.4) is 0 Å². The Bertz CT molecular complexity index is 1620.